The van der Waals surface area contributed by atoms with E-state index in [-0.39, 0.29) is 11.5 Å². The second-order valence-corrected chi connectivity index (χ2v) is 6.49. The van der Waals surface area contributed by atoms with Crippen molar-refractivity contribution in [3.8, 4) is 34.2 Å². The molecular weight excluding hydrogens is 316 g/mol. The summed E-state index contributed by atoms with van der Waals surface area (Å²) < 4.78 is 7.11. The van der Waals surface area contributed by atoms with E-state index >= 15 is 0 Å². The number of ether oxygens (including phenoxy) is 1. The molecule has 0 saturated heterocycles. The third kappa shape index (κ3) is 3.05. The summed E-state index contributed by atoms with van der Waals surface area (Å²) in [7, 11) is 1.63. The highest BCUT2D eigenvalue weighted by atomic mass is 16.5. The standard InChI is InChI=1S/C20H20N2O3/c1-25-16-6-4-15(5-7-16)22-12-21-11-18(22)17-9-14(8-13-2-3-13)19(23)10-20(17)24/h4-7,9-13,23-24H,2-3,8H2,1H3. The van der Waals surface area contributed by atoms with Gasteiger partial charge in [0.25, 0.3) is 0 Å². The molecule has 1 saturated carbocycles. The topological polar surface area (TPSA) is 67.5 Å². The van der Waals surface area contributed by atoms with Gasteiger partial charge in [-0.1, -0.05) is 0 Å². The lowest BCUT2D eigenvalue weighted by Gasteiger charge is -2.13. The molecular formula is C20H20N2O3. The maximum absolute atomic E-state index is 10.4. The van der Waals surface area contributed by atoms with E-state index in [1.54, 1.807) is 19.6 Å². The zero-order chi connectivity index (χ0) is 17.4. The molecule has 5 heteroatoms. The summed E-state index contributed by atoms with van der Waals surface area (Å²) in [5.41, 5.74) is 3.24. The van der Waals surface area contributed by atoms with Crippen LogP contribution < -0.4 is 4.74 Å². The molecule has 4 rings (SSSR count). The summed E-state index contributed by atoms with van der Waals surface area (Å²) in [6.07, 6.45) is 6.69. The monoisotopic (exact) mass is 336 g/mol. The Morgan fingerprint density at radius 3 is 2.56 bits per heavy atom. The van der Waals surface area contributed by atoms with Crippen LogP contribution in [0.25, 0.3) is 16.9 Å². The number of phenolic OH excluding ortho intramolecular Hbond substituents is 2. The van der Waals surface area contributed by atoms with Crippen molar-refractivity contribution in [1.82, 2.24) is 9.55 Å². The van der Waals surface area contributed by atoms with E-state index < -0.39 is 0 Å². The molecule has 1 aromatic heterocycles. The van der Waals surface area contributed by atoms with E-state index in [1.165, 1.54) is 18.9 Å². The molecule has 0 unspecified atom stereocenters. The Morgan fingerprint density at radius 1 is 1.12 bits per heavy atom. The van der Waals surface area contributed by atoms with Crippen molar-refractivity contribution < 1.29 is 14.9 Å². The summed E-state index contributed by atoms with van der Waals surface area (Å²) in [5, 5.41) is 20.5. The highest BCUT2D eigenvalue weighted by Crippen LogP contribution is 2.40. The van der Waals surface area contributed by atoms with Crippen LogP contribution in [0.2, 0.25) is 0 Å². The highest BCUT2D eigenvalue weighted by molar-refractivity contribution is 5.71. The molecule has 1 aliphatic rings. The second-order valence-electron chi connectivity index (χ2n) is 6.49. The molecule has 0 amide bonds. The quantitative estimate of drug-likeness (QED) is 0.741. The molecule has 2 aromatic carbocycles. The van der Waals surface area contributed by atoms with Crippen LogP contribution >= 0.6 is 0 Å². The summed E-state index contributed by atoms with van der Waals surface area (Å²) in [6, 6.07) is 10.9. The second kappa shape index (κ2) is 6.16. The van der Waals surface area contributed by atoms with Gasteiger partial charge in [0.2, 0.25) is 0 Å². The Kier molecular flexibility index (Phi) is 3.84. The average molecular weight is 336 g/mol. The molecule has 5 nitrogen and oxygen atoms in total. The van der Waals surface area contributed by atoms with Crippen molar-refractivity contribution in [3.63, 3.8) is 0 Å². The average Bonchev–Trinajstić information content (AvgIpc) is 3.31. The van der Waals surface area contributed by atoms with Crippen LogP contribution in [-0.4, -0.2) is 26.9 Å². The minimum atomic E-state index is 0.0484. The summed E-state index contributed by atoms with van der Waals surface area (Å²) >= 11 is 0. The van der Waals surface area contributed by atoms with Crippen LogP contribution in [0, 0.1) is 5.92 Å². The van der Waals surface area contributed by atoms with Gasteiger partial charge in [0.05, 0.1) is 25.3 Å². The predicted octanol–water partition coefficient (Wildman–Crippen LogP) is 3.91. The van der Waals surface area contributed by atoms with Gasteiger partial charge in [-0.15, -0.1) is 0 Å². The summed E-state index contributed by atoms with van der Waals surface area (Å²) in [4.78, 5) is 4.24. The molecule has 0 aliphatic heterocycles. The van der Waals surface area contributed by atoms with Crippen molar-refractivity contribution in [2.75, 3.05) is 7.11 Å². The molecule has 0 spiro atoms. The Bertz CT molecular complexity index is 896. The van der Waals surface area contributed by atoms with E-state index in [1.807, 2.05) is 34.9 Å². The van der Waals surface area contributed by atoms with Crippen LogP contribution in [0.3, 0.4) is 0 Å². The van der Waals surface area contributed by atoms with E-state index in [9.17, 15) is 10.2 Å². The van der Waals surface area contributed by atoms with Crippen LogP contribution in [0.15, 0.2) is 48.9 Å². The van der Waals surface area contributed by atoms with Gasteiger partial charge in [-0.2, -0.15) is 0 Å². The minimum absolute atomic E-state index is 0.0484. The molecule has 0 radical (unpaired) electrons. The number of aromatic hydroxyl groups is 2. The maximum atomic E-state index is 10.4. The largest absolute Gasteiger partial charge is 0.508 e. The van der Waals surface area contributed by atoms with Crippen molar-refractivity contribution in [2.45, 2.75) is 19.3 Å². The number of phenols is 2. The fourth-order valence-electron chi connectivity index (χ4n) is 3.07. The number of hydrogen-bond acceptors (Lipinski definition) is 4. The van der Waals surface area contributed by atoms with Crippen molar-refractivity contribution >= 4 is 0 Å². The molecule has 1 aliphatic carbocycles. The first-order valence-electron chi connectivity index (χ1n) is 8.37. The lowest BCUT2D eigenvalue weighted by Crippen LogP contribution is -1.97. The molecule has 3 aromatic rings. The van der Waals surface area contributed by atoms with Crippen LogP contribution in [0.4, 0.5) is 0 Å². The van der Waals surface area contributed by atoms with Gasteiger partial charge < -0.3 is 14.9 Å². The first-order chi connectivity index (χ1) is 12.2. The van der Waals surface area contributed by atoms with E-state index in [0.717, 1.165) is 29.1 Å². The Labute approximate surface area is 146 Å². The van der Waals surface area contributed by atoms with Crippen molar-refractivity contribution in [3.05, 3.63) is 54.5 Å². The molecule has 0 bridgehead atoms. The fourth-order valence-corrected chi connectivity index (χ4v) is 3.07. The predicted molar refractivity (Wildman–Crippen MR) is 95.3 cm³/mol. The van der Waals surface area contributed by atoms with E-state index in [4.69, 9.17) is 4.74 Å². The van der Waals surface area contributed by atoms with Gasteiger partial charge in [-0.05, 0) is 61.1 Å². The first kappa shape index (κ1) is 15.6. The zero-order valence-corrected chi connectivity index (χ0v) is 14.0. The van der Waals surface area contributed by atoms with Gasteiger partial charge in [-0.25, -0.2) is 4.98 Å². The normalized spacial score (nSPS) is 13.8. The van der Waals surface area contributed by atoms with Gasteiger partial charge >= 0.3 is 0 Å². The molecule has 1 fully saturated rings. The first-order valence-corrected chi connectivity index (χ1v) is 8.37. The molecule has 1 heterocycles. The van der Waals surface area contributed by atoms with E-state index in [2.05, 4.69) is 4.98 Å². The number of nitrogens with zero attached hydrogens (tertiary/aromatic N) is 2. The number of rotatable bonds is 5. The fraction of sp³-hybridized carbons (Fsp3) is 0.250. The van der Waals surface area contributed by atoms with Crippen LogP contribution in [-0.2, 0) is 6.42 Å². The molecule has 0 atom stereocenters. The Balaban J connectivity index is 1.76. The Hall–Kier alpha value is -2.95. The molecule has 2 N–H and O–H groups in total. The maximum Gasteiger partial charge on any atom is 0.128 e. The van der Waals surface area contributed by atoms with E-state index in [0.29, 0.717) is 11.5 Å². The Morgan fingerprint density at radius 2 is 1.88 bits per heavy atom. The smallest absolute Gasteiger partial charge is 0.128 e. The van der Waals surface area contributed by atoms with Crippen LogP contribution in [0.5, 0.6) is 17.2 Å². The number of imidazole rings is 1. The minimum Gasteiger partial charge on any atom is -0.508 e. The third-order valence-corrected chi connectivity index (χ3v) is 4.67. The lowest BCUT2D eigenvalue weighted by atomic mass is 10.0. The zero-order valence-electron chi connectivity index (χ0n) is 14.0. The highest BCUT2D eigenvalue weighted by Gasteiger charge is 2.24. The number of aromatic nitrogens is 2. The summed E-state index contributed by atoms with van der Waals surface area (Å²) in [5.74, 6) is 1.63. The van der Waals surface area contributed by atoms with Gasteiger partial charge in [-0.3, -0.25) is 4.57 Å². The van der Waals surface area contributed by atoms with Gasteiger partial charge in [0.1, 0.15) is 17.2 Å². The third-order valence-electron chi connectivity index (χ3n) is 4.67. The van der Waals surface area contributed by atoms with Gasteiger partial charge in [0, 0.05) is 17.3 Å². The van der Waals surface area contributed by atoms with Crippen molar-refractivity contribution in [1.29, 1.82) is 0 Å². The number of hydrogen-bond donors (Lipinski definition) is 2. The molecule has 25 heavy (non-hydrogen) atoms. The SMILES string of the molecule is COc1ccc(-n2cncc2-c2cc(CC3CC3)c(O)cc2O)cc1. The van der Waals surface area contributed by atoms with Crippen molar-refractivity contribution in [2.24, 2.45) is 5.92 Å². The molecule has 128 valence electrons. The number of benzene rings is 2. The number of methoxy groups -OCH3 is 1. The van der Waals surface area contributed by atoms with Crippen LogP contribution in [0.1, 0.15) is 18.4 Å². The lowest BCUT2D eigenvalue weighted by molar-refractivity contribution is 0.414. The van der Waals surface area contributed by atoms with Gasteiger partial charge in [0.15, 0.2) is 0 Å². The summed E-state index contributed by atoms with van der Waals surface area (Å²) in [6.45, 7) is 0.